The number of aryl methyl sites for hydroxylation is 2. The van der Waals surface area contributed by atoms with Crippen LogP contribution in [0.5, 0.6) is 0 Å². The van der Waals surface area contributed by atoms with Crippen molar-refractivity contribution in [3.8, 4) is 0 Å². The molecule has 0 spiro atoms. The van der Waals surface area contributed by atoms with Crippen molar-refractivity contribution in [1.29, 1.82) is 0 Å². The Labute approximate surface area is 160 Å². The Balaban J connectivity index is 1.69. The molecule has 7 heteroatoms. The summed E-state index contributed by atoms with van der Waals surface area (Å²) >= 11 is 1.61. The third kappa shape index (κ3) is 3.38. The summed E-state index contributed by atoms with van der Waals surface area (Å²) in [6, 6.07) is 8.96. The number of benzene rings is 1. The summed E-state index contributed by atoms with van der Waals surface area (Å²) in [7, 11) is 0. The molecular weight excluding hydrogens is 360 g/mol. The maximum absolute atomic E-state index is 11.8. The average Bonchev–Trinajstić information content (AvgIpc) is 3.25. The van der Waals surface area contributed by atoms with Gasteiger partial charge in [-0.15, -0.1) is 11.3 Å². The van der Waals surface area contributed by atoms with Crippen molar-refractivity contribution < 1.29 is 9.90 Å². The van der Waals surface area contributed by atoms with Crippen molar-refractivity contribution in [3.05, 3.63) is 52.8 Å². The lowest BCUT2D eigenvalue weighted by Crippen LogP contribution is -2.42. The molecule has 0 bridgehead atoms. The molecule has 0 saturated carbocycles. The molecule has 3 heterocycles. The summed E-state index contributed by atoms with van der Waals surface area (Å²) in [6.45, 7) is 3.89. The first kappa shape index (κ1) is 17.5. The molecule has 0 saturated heterocycles. The van der Waals surface area contributed by atoms with E-state index in [0.29, 0.717) is 18.1 Å². The molecule has 0 aliphatic carbocycles. The molecule has 1 atom stereocenters. The van der Waals surface area contributed by atoms with Crippen LogP contribution in [0.25, 0.3) is 21.1 Å². The van der Waals surface area contributed by atoms with Crippen LogP contribution >= 0.6 is 11.3 Å². The monoisotopic (exact) mass is 379 g/mol. The van der Waals surface area contributed by atoms with Gasteiger partial charge in [0.15, 0.2) is 0 Å². The van der Waals surface area contributed by atoms with Crippen molar-refractivity contribution in [2.24, 2.45) is 0 Å². The molecule has 0 fully saturated rings. The molecule has 3 aromatic heterocycles. The Morgan fingerprint density at radius 2 is 2.11 bits per heavy atom. The minimum atomic E-state index is -1.16. The van der Waals surface area contributed by atoms with E-state index in [1.54, 1.807) is 11.3 Å². The van der Waals surface area contributed by atoms with Crippen LogP contribution in [0.4, 0.5) is 5.82 Å². The molecule has 0 unspecified atom stereocenters. The smallest absolute Gasteiger partial charge is 0.139 e. The second kappa shape index (κ2) is 7.00. The third-order valence-corrected chi connectivity index (χ3v) is 5.77. The van der Waals surface area contributed by atoms with Gasteiger partial charge in [-0.25, -0.2) is 9.97 Å². The van der Waals surface area contributed by atoms with E-state index >= 15 is 0 Å². The van der Waals surface area contributed by atoms with Gasteiger partial charge in [0.2, 0.25) is 0 Å². The number of hydrogen-bond acceptors (Lipinski definition) is 6. The minimum Gasteiger partial charge on any atom is -0.548 e. The maximum atomic E-state index is 11.8. The van der Waals surface area contributed by atoms with Crippen LogP contribution in [0.1, 0.15) is 23.2 Å². The van der Waals surface area contributed by atoms with Crippen LogP contribution in [-0.2, 0) is 17.6 Å². The fourth-order valence-corrected chi connectivity index (χ4v) is 4.25. The summed E-state index contributed by atoms with van der Waals surface area (Å²) in [5, 5.41) is 16.8. The van der Waals surface area contributed by atoms with Crippen LogP contribution in [-0.4, -0.2) is 27.0 Å². The summed E-state index contributed by atoms with van der Waals surface area (Å²) in [6.07, 6.45) is 3.04. The van der Waals surface area contributed by atoms with E-state index in [1.165, 1.54) is 4.88 Å². The van der Waals surface area contributed by atoms with Gasteiger partial charge in [0.1, 0.15) is 16.5 Å². The Hall–Kier alpha value is -2.93. The number of carboxylic acids is 1. The molecule has 2 N–H and O–H groups in total. The number of carbonyl (C=O) groups excluding carboxylic acids is 1. The Kier molecular flexibility index (Phi) is 4.53. The molecule has 0 aliphatic heterocycles. The highest BCUT2D eigenvalue weighted by Gasteiger charge is 2.17. The predicted molar refractivity (Wildman–Crippen MR) is 106 cm³/mol. The SMILES string of the molecule is CCc1cc2c(N[C@@H](Cc3c[nH]c4ccccc34)C(=O)[O-])nc(C)nc2s1. The van der Waals surface area contributed by atoms with Crippen LogP contribution in [0.15, 0.2) is 36.5 Å². The van der Waals surface area contributed by atoms with Gasteiger partial charge >= 0.3 is 0 Å². The number of hydrogen-bond donors (Lipinski definition) is 2. The molecule has 4 aromatic rings. The highest BCUT2D eigenvalue weighted by atomic mass is 32.1. The van der Waals surface area contributed by atoms with Crippen molar-refractivity contribution in [1.82, 2.24) is 15.0 Å². The fourth-order valence-electron chi connectivity index (χ4n) is 3.24. The minimum absolute atomic E-state index is 0.293. The van der Waals surface area contributed by atoms with Crippen molar-refractivity contribution >= 4 is 44.2 Å². The first-order valence-electron chi connectivity index (χ1n) is 8.84. The number of aliphatic carboxylic acids is 1. The van der Waals surface area contributed by atoms with E-state index in [0.717, 1.165) is 33.1 Å². The molecule has 27 heavy (non-hydrogen) atoms. The first-order chi connectivity index (χ1) is 13.0. The predicted octanol–water partition coefficient (Wildman–Crippen LogP) is 2.82. The Morgan fingerprint density at radius 3 is 2.89 bits per heavy atom. The number of para-hydroxylation sites is 1. The average molecular weight is 379 g/mol. The zero-order chi connectivity index (χ0) is 19.0. The van der Waals surface area contributed by atoms with E-state index < -0.39 is 12.0 Å². The number of thiophene rings is 1. The van der Waals surface area contributed by atoms with E-state index in [9.17, 15) is 9.90 Å². The number of fused-ring (bicyclic) bond motifs is 2. The van der Waals surface area contributed by atoms with Crippen molar-refractivity contribution in [2.75, 3.05) is 5.32 Å². The number of carboxylic acid groups (broad SMARTS) is 1. The van der Waals surface area contributed by atoms with Crippen LogP contribution in [0.3, 0.4) is 0 Å². The zero-order valence-corrected chi connectivity index (χ0v) is 15.9. The van der Waals surface area contributed by atoms with Crippen LogP contribution in [0.2, 0.25) is 0 Å². The summed E-state index contributed by atoms with van der Waals surface area (Å²) < 4.78 is 0. The van der Waals surface area contributed by atoms with E-state index in [4.69, 9.17) is 0 Å². The number of anilines is 1. The summed E-state index contributed by atoms with van der Waals surface area (Å²) in [5.74, 6) is -0.00294. The third-order valence-electron chi connectivity index (χ3n) is 4.60. The maximum Gasteiger partial charge on any atom is 0.139 e. The molecule has 0 amide bonds. The molecule has 0 aliphatic rings. The zero-order valence-electron chi connectivity index (χ0n) is 15.1. The molecule has 6 nitrogen and oxygen atoms in total. The second-order valence-electron chi connectivity index (χ2n) is 6.48. The van der Waals surface area contributed by atoms with Crippen LogP contribution in [0, 0.1) is 6.92 Å². The molecule has 0 radical (unpaired) electrons. The topological polar surface area (TPSA) is 93.7 Å². The second-order valence-corrected chi connectivity index (χ2v) is 7.60. The number of nitrogens with zero attached hydrogens (tertiary/aromatic N) is 2. The lowest BCUT2D eigenvalue weighted by Gasteiger charge is -2.20. The van der Waals surface area contributed by atoms with Gasteiger partial charge in [-0.1, -0.05) is 25.1 Å². The highest BCUT2D eigenvalue weighted by molar-refractivity contribution is 7.18. The summed E-state index contributed by atoms with van der Waals surface area (Å²) in [4.78, 5) is 26.0. The van der Waals surface area contributed by atoms with Gasteiger partial charge in [0.25, 0.3) is 0 Å². The molecular formula is C20H19N4O2S-. The summed E-state index contributed by atoms with van der Waals surface area (Å²) in [5.41, 5.74) is 1.91. The van der Waals surface area contributed by atoms with E-state index in [1.807, 2.05) is 43.5 Å². The van der Waals surface area contributed by atoms with Gasteiger partial charge in [-0.3, -0.25) is 0 Å². The number of aromatic amines is 1. The normalized spacial score (nSPS) is 12.5. The van der Waals surface area contributed by atoms with Crippen LogP contribution < -0.4 is 10.4 Å². The largest absolute Gasteiger partial charge is 0.548 e. The lowest BCUT2D eigenvalue weighted by atomic mass is 10.0. The number of rotatable bonds is 6. The number of carbonyl (C=O) groups is 1. The Morgan fingerprint density at radius 1 is 1.30 bits per heavy atom. The molecule has 138 valence electrons. The lowest BCUT2D eigenvalue weighted by molar-refractivity contribution is -0.306. The van der Waals surface area contributed by atoms with Gasteiger partial charge in [-0.05, 0) is 31.0 Å². The van der Waals surface area contributed by atoms with Gasteiger partial charge in [0.05, 0.1) is 17.4 Å². The van der Waals surface area contributed by atoms with Crippen molar-refractivity contribution in [2.45, 2.75) is 32.7 Å². The molecule has 4 rings (SSSR count). The number of aromatic nitrogens is 3. The Bertz CT molecular complexity index is 1130. The van der Waals surface area contributed by atoms with E-state index in [-0.39, 0.29) is 0 Å². The molecule has 1 aromatic carbocycles. The van der Waals surface area contributed by atoms with E-state index in [2.05, 4.69) is 27.2 Å². The standard InChI is InChI=1S/C20H20N4O2S/c1-3-13-9-15-18(22-11(2)23-19(15)27-13)24-17(20(25)26)8-12-10-21-16-7-5-4-6-14(12)16/h4-7,9-10,17,21H,3,8H2,1-2H3,(H,25,26)(H,22,23,24)/p-1/t17-/m0/s1. The van der Waals surface area contributed by atoms with Gasteiger partial charge in [0, 0.05) is 28.4 Å². The van der Waals surface area contributed by atoms with Gasteiger partial charge < -0.3 is 20.2 Å². The van der Waals surface area contributed by atoms with Gasteiger partial charge in [-0.2, -0.15) is 0 Å². The fraction of sp³-hybridized carbons (Fsp3) is 0.250. The number of nitrogens with one attached hydrogen (secondary N) is 2. The first-order valence-corrected chi connectivity index (χ1v) is 9.66. The quantitative estimate of drug-likeness (QED) is 0.537. The number of H-pyrrole nitrogens is 1. The highest BCUT2D eigenvalue weighted by Crippen LogP contribution is 2.30. The van der Waals surface area contributed by atoms with Crippen molar-refractivity contribution in [3.63, 3.8) is 0 Å².